The topological polar surface area (TPSA) is 12.9 Å². The Bertz CT molecular complexity index is 171. The standard InChI is InChI=1S/C7H7N.2Rb/c1-6-4-3-5-7(2)8-6;;/h3H,1-2H3;;/q-2;2*+1. The van der Waals surface area contributed by atoms with E-state index in [4.69, 9.17) is 0 Å². The van der Waals surface area contributed by atoms with Gasteiger partial charge in [0.2, 0.25) is 0 Å². The molecule has 0 unspecified atom stereocenters. The summed E-state index contributed by atoms with van der Waals surface area (Å²) in [5, 5.41) is 0. The molecular weight excluding hydrogens is 269 g/mol. The van der Waals surface area contributed by atoms with Gasteiger partial charge >= 0.3 is 116 Å². The maximum atomic E-state index is 4.06. The van der Waals surface area contributed by atoms with Gasteiger partial charge in [0.1, 0.15) is 0 Å². The fraction of sp³-hybridized carbons (Fsp3) is 0.286. The summed E-state index contributed by atoms with van der Waals surface area (Å²) in [7, 11) is 0. The molecule has 0 bridgehead atoms. The van der Waals surface area contributed by atoms with Gasteiger partial charge < -0.3 is 23.2 Å². The fourth-order valence-electron chi connectivity index (χ4n) is 0.561. The molecule has 0 fully saturated rings. The number of aryl methyl sites for hydroxylation is 2. The monoisotopic (exact) mass is 275 g/mol. The van der Waals surface area contributed by atoms with Gasteiger partial charge in [-0.15, -0.1) is 11.4 Å². The average molecular weight is 276 g/mol. The zero-order chi connectivity index (χ0) is 5.98. The van der Waals surface area contributed by atoms with Gasteiger partial charge in [-0.1, -0.05) is 13.8 Å². The van der Waals surface area contributed by atoms with Crippen molar-refractivity contribution in [2.24, 2.45) is 0 Å². The smallest absolute Gasteiger partial charge is 0.486 e. The van der Waals surface area contributed by atoms with Crippen LogP contribution in [0.3, 0.4) is 0 Å². The largest absolute Gasteiger partial charge is 1.00 e. The molecule has 0 amide bonds. The second-order valence-corrected chi connectivity index (χ2v) is 1.72. The Hall–Kier alpha value is 2.76. The van der Waals surface area contributed by atoms with Crippen LogP contribution >= 0.6 is 0 Å². The molecular formula is C7H7NRb2. The molecule has 1 rings (SSSR count). The molecule has 0 saturated carbocycles. The normalized spacial score (nSPS) is 7.40. The predicted octanol–water partition coefficient (Wildman–Crippen LogP) is -4.69. The molecule has 0 N–H and O–H groups in total. The van der Waals surface area contributed by atoms with Crippen molar-refractivity contribution < 1.29 is 116 Å². The van der Waals surface area contributed by atoms with E-state index in [9.17, 15) is 0 Å². The summed E-state index contributed by atoms with van der Waals surface area (Å²) in [6, 6.07) is 7.57. The minimum atomic E-state index is 0. The van der Waals surface area contributed by atoms with Crippen LogP contribution in [0.15, 0.2) is 6.07 Å². The first kappa shape index (κ1) is 15.2. The SMILES string of the molecule is Cc1[c-]c[c-]c(C)n1.[Rb+].[Rb+]. The van der Waals surface area contributed by atoms with Crippen LogP contribution < -0.4 is 116 Å². The predicted molar refractivity (Wildman–Crippen MR) is 31.4 cm³/mol. The van der Waals surface area contributed by atoms with Crippen molar-refractivity contribution in [3.05, 3.63) is 29.6 Å². The first-order valence-corrected chi connectivity index (χ1v) is 2.52. The van der Waals surface area contributed by atoms with E-state index in [2.05, 4.69) is 17.1 Å². The van der Waals surface area contributed by atoms with E-state index in [1.54, 1.807) is 6.07 Å². The second-order valence-electron chi connectivity index (χ2n) is 1.72. The number of aromatic nitrogens is 1. The number of hydrogen-bond acceptors (Lipinski definition) is 1. The Balaban J connectivity index is 0. The molecule has 42 valence electrons. The van der Waals surface area contributed by atoms with Crippen LogP contribution in [0.1, 0.15) is 11.4 Å². The molecule has 1 heterocycles. The van der Waals surface area contributed by atoms with Gasteiger partial charge in [0.05, 0.1) is 0 Å². The van der Waals surface area contributed by atoms with Crippen molar-refractivity contribution in [2.75, 3.05) is 0 Å². The number of hydrogen-bond donors (Lipinski definition) is 0. The zero-order valence-corrected chi connectivity index (χ0v) is 16.9. The second kappa shape index (κ2) is 8.36. The molecule has 0 aromatic carbocycles. The Labute approximate surface area is 160 Å². The number of pyridine rings is 1. The van der Waals surface area contributed by atoms with Crippen LogP contribution in [-0.2, 0) is 0 Å². The third-order valence-corrected chi connectivity index (χ3v) is 0.898. The molecule has 3 heteroatoms. The summed E-state index contributed by atoms with van der Waals surface area (Å²) in [6.07, 6.45) is 0. The van der Waals surface area contributed by atoms with Crippen LogP contribution in [0.4, 0.5) is 0 Å². The summed E-state index contributed by atoms with van der Waals surface area (Å²) in [5.74, 6) is 0. The van der Waals surface area contributed by atoms with E-state index in [1.165, 1.54) is 0 Å². The van der Waals surface area contributed by atoms with E-state index in [1.807, 2.05) is 13.8 Å². The third kappa shape index (κ3) is 6.30. The Kier molecular flexibility index (Phi) is 12.7. The third-order valence-electron chi connectivity index (χ3n) is 0.898. The molecule has 1 aromatic rings. The summed E-state index contributed by atoms with van der Waals surface area (Å²) < 4.78 is 0. The van der Waals surface area contributed by atoms with Crippen molar-refractivity contribution in [3.8, 4) is 0 Å². The van der Waals surface area contributed by atoms with E-state index < -0.39 is 0 Å². The summed E-state index contributed by atoms with van der Waals surface area (Å²) >= 11 is 0. The van der Waals surface area contributed by atoms with E-state index in [0.717, 1.165) is 11.4 Å². The van der Waals surface area contributed by atoms with Crippen LogP contribution in [-0.4, -0.2) is 4.98 Å². The molecule has 1 nitrogen and oxygen atoms in total. The maximum Gasteiger partial charge on any atom is 1.00 e. The van der Waals surface area contributed by atoms with Crippen LogP contribution in [0, 0.1) is 26.0 Å². The van der Waals surface area contributed by atoms with Gasteiger partial charge in [-0.2, -0.15) is 0 Å². The Morgan fingerprint density at radius 3 is 1.70 bits per heavy atom. The minimum Gasteiger partial charge on any atom is -0.486 e. The fourth-order valence-corrected chi connectivity index (χ4v) is 0.561. The van der Waals surface area contributed by atoms with Crippen molar-refractivity contribution >= 4 is 0 Å². The van der Waals surface area contributed by atoms with Crippen molar-refractivity contribution in [2.45, 2.75) is 13.8 Å². The average Bonchev–Trinajstić information content (AvgIpc) is 1.64. The van der Waals surface area contributed by atoms with Gasteiger partial charge in [-0.3, -0.25) is 0 Å². The van der Waals surface area contributed by atoms with Crippen molar-refractivity contribution in [1.82, 2.24) is 4.98 Å². The molecule has 0 spiro atoms. The van der Waals surface area contributed by atoms with Crippen LogP contribution in [0.25, 0.3) is 0 Å². The van der Waals surface area contributed by atoms with Crippen LogP contribution in [0.2, 0.25) is 0 Å². The zero-order valence-electron chi connectivity index (χ0n) is 7.02. The Morgan fingerprint density at radius 2 is 1.50 bits per heavy atom. The van der Waals surface area contributed by atoms with Gasteiger partial charge in [0, 0.05) is 0 Å². The summed E-state index contributed by atoms with van der Waals surface area (Å²) in [5.41, 5.74) is 1.86. The Morgan fingerprint density at radius 1 is 1.10 bits per heavy atom. The molecule has 0 saturated heterocycles. The van der Waals surface area contributed by atoms with Crippen molar-refractivity contribution in [3.63, 3.8) is 0 Å². The molecule has 0 atom stereocenters. The quantitative estimate of drug-likeness (QED) is 0.434. The van der Waals surface area contributed by atoms with Crippen LogP contribution in [0.5, 0.6) is 0 Å². The van der Waals surface area contributed by atoms with Crippen molar-refractivity contribution in [1.29, 1.82) is 0 Å². The maximum absolute atomic E-state index is 4.06. The van der Waals surface area contributed by atoms with E-state index in [0.29, 0.717) is 0 Å². The molecule has 0 aliphatic rings. The molecule has 10 heavy (non-hydrogen) atoms. The summed E-state index contributed by atoms with van der Waals surface area (Å²) in [4.78, 5) is 4.06. The number of nitrogens with zero attached hydrogens (tertiary/aromatic N) is 1. The first-order chi connectivity index (χ1) is 3.79. The van der Waals surface area contributed by atoms with Gasteiger partial charge in [-0.25, -0.2) is 0 Å². The molecule has 0 aliphatic carbocycles. The molecule has 1 aromatic heterocycles. The summed E-state index contributed by atoms with van der Waals surface area (Å²) in [6.45, 7) is 3.84. The first-order valence-electron chi connectivity index (χ1n) is 2.52. The molecule has 0 radical (unpaired) electrons. The minimum absolute atomic E-state index is 0. The molecule has 0 aliphatic heterocycles. The van der Waals surface area contributed by atoms with Gasteiger partial charge in [0.15, 0.2) is 0 Å². The van der Waals surface area contributed by atoms with E-state index >= 15 is 0 Å². The van der Waals surface area contributed by atoms with Gasteiger partial charge in [0.25, 0.3) is 0 Å². The van der Waals surface area contributed by atoms with E-state index in [-0.39, 0.29) is 116 Å². The number of rotatable bonds is 0. The van der Waals surface area contributed by atoms with Gasteiger partial charge in [-0.05, 0) is 0 Å².